The number of halogens is 1. The van der Waals surface area contributed by atoms with E-state index in [0.29, 0.717) is 4.47 Å². The summed E-state index contributed by atoms with van der Waals surface area (Å²) < 4.78 is 31.7. The van der Waals surface area contributed by atoms with E-state index in [9.17, 15) is 13.0 Å². The average Bonchev–Trinajstić information content (AvgIpc) is 1.86. The topological polar surface area (TPSA) is 57.2 Å². The van der Waals surface area contributed by atoms with Gasteiger partial charge in [-0.25, -0.2) is 8.42 Å². The molecule has 1 aromatic rings. The smallest absolute Gasteiger partial charge is 0.744 e. The summed E-state index contributed by atoms with van der Waals surface area (Å²) in [6, 6.07) is 5.89. The van der Waals surface area contributed by atoms with E-state index in [1.54, 1.807) is 6.07 Å². The monoisotopic (exact) mass is 274 g/mol. The van der Waals surface area contributed by atoms with Gasteiger partial charge in [0.25, 0.3) is 0 Å². The molecule has 0 bridgehead atoms. The molecule has 0 aromatic heterocycles. The van der Waals surface area contributed by atoms with E-state index >= 15 is 0 Å². The minimum atomic E-state index is -4.33. The molecule has 0 saturated heterocycles. The van der Waals surface area contributed by atoms with Crippen LogP contribution in [-0.2, 0) is 10.1 Å². The van der Waals surface area contributed by atoms with Gasteiger partial charge < -0.3 is 4.55 Å². The summed E-state index contributed by atoms with van der Waals surface area (Å²) in [6.45, 7) is 0. The minimum Gasteiger partial charge on any atom is -0.744 e. The maximum absolute atomic E-state index is 10.5. The van der Waals surface area contributed by atoms with Crippen molar-refractivity contribution in [2.45, 2.75) is 4.90 Å². The number of hydrogen-bond donors (Lipinski definition) is 0. The Hall–Kier alpha value is 1.25. The predicted octanol–water partition coefficient (Wildman–Crippen LogP) is -1.64. The van der Waals surface area contributed by atoms with E-state index in [0.717, 1.165) is 0 Å². The van der Waals surface area contributed by atoms with Gasteiger partial charge in [0.2, 0.25) is 0 Å². The Morgan fingerprint density at radius 1 is 1.25 bits per heavy atom. The zero-order valence-corrected chi connectivity index (χ0v) is 11.8. The molecule has 0 fully saturated rings. The molecule has 1 rings (SSSR count). The van der Waals surface area contributed by atoms with Gasteiger partial charge in [0, 0.05) is 4.47 Å². The van der Waals surface area contributed by atoms with Crippen molar-refractivity contribution >= 4 is 26.0 Å². The predicted molar refractivity (Wildman–Crippen MR) is 42.1 cm³/mol. The van der Waals surface area contributed by atoms with Crippen LogP contribution in [0.15, 0.2) is 33.6 Å². The van der Waals surface area contributed by atoms with Crippen LogP contribution in [0.2, 0.25) is 0 Å². The van der Waals surface area contributed by atoms with E-state index in [4.69, 9.17) is 0 Å². The van der Waals surface area contributed by atoms with Crippen molar-refractivity contribution in [2.24, 2.45) is 0 Å². The summed E-state index contributed by atoms with van der Waals surface area (Å²) in [5.74, 6) is 0. The third kappa shape index (κ3) is 3.55. The Balaban J connectivity index is 0.00000121. The Bertz CT molecular complexity index is 363. The second kappa shape index (κ2) is 5.21. The molecule has 0 unspecified atom stereocenters. The summed E-state index contributed by atoms with van der Waals surface area (Å²) in [4.78, 5) is -0.222. The number of benzene rings is 1. The molecule has 0 saturated carbocycles. The van der Waals surface area contributed by atoms with Crippen LogP contribution < -0.4 is 51.4 Å². The Morgan fingerprint density at radius 3 is 2.08 bits per heavy atom. The molecule has 3 nitrogen and oxygen atoms in total. The van der Waals surface area contributed by atoms with Crippen molar-refractivity contribution in [3.05, 3.63) is 28.7 Å². The van der Waals surface area contributed by atoms with E-state index in [1.807, 2.05) is 0 Å². The molecule has 0 N–H and O–H groups in total. The zero-order valence-electron chi connectivity index (χ0n) is 6.32. The third-order valence-electron chi connectivity index (χ3n) is 1.11. The fourth-order valence-corrected chi connectivity index (χ4v) is 2.08. The van der Waals surface area contributed by atoms with Gasteiger partial charge in [-0.05, 0) is 28.1 Å². The first-order valence-electron chi connectivity index (χ1n) is 2.72. The molecule has 1 aromatic carbocycles. The Labute approximate surface area is 122 Å². The summed E-state index contributed by atoms with van der Waals surface area (Å²) in [5.41, 5.74) is 0. The first-order chi connectivity index (χ1) is 5.02. The maximum atomic E-state index is 10.5. The fourth-order valence-electron chi connectivity index (χ4n) is 0.647. The zero-order chi connectivity index (χ0) is 8.48. The SMILES string of the molecule is O=S(=O)([O-])c1ccccc1Br.[K+]. The quantitative estimate of drug-likeness (QED) is 0.456. The van der Waals surface area contributed by atoms with Crippen LogP contribution in [0.1, 0.15) is 0 Å². The minimum absolute atomic E-state index is 0. The molecule has 60 valence electrons. The Kier molecular flexibility index (Phi) is 5.75. The van der Waals surface area contributed by atoms with Crippen LogP contribution in [0.3, 0.4) is 0 Å². The van der Waals surface area contributed by atoms with E-state index in [-0.39, 0.29) is 56.3 Å². The molecule has 0 heterocycles. The van der Waals surface area contributed by atoms with Crippen LogP contribution in [0.5, 0.6) is 0 Å². The van der Waals surface area contributed by atoms with Crippen molar-refractivity contribution in [1.29, 1.82) is 0 Å². The van der Waals surface area contributed by atoms with Crippen molar-refractivity contribution in [3.63, 3.8) is 0 Å². The molecular formula is C6H4BrKO3S. The van der Waals surface area contributed by atoms with Crippen LogP contribution in [-0.4, -0.2) is 13.0 Å². The first kappa shape index (κ1) is 13.2. The molecule has 0 aliphatic carbocycles. The van der Waals surface area contributed by atoms with Crippen molar-refractivity contribution < 1.29 is 64.4 Å². The molecule has 0 spiro atoms. The molecular weight excluding hydrogens is 271 g/mol. The van der Waals surface area contributed by atoms with Gasteiger partial charge in [-0.1, -0.05) is 12.1 Å². The largest absolute Gasteiger partial charge is 1.00 e. The van der Waals surface area contributed by atoms with Gasteiger partial charge in [0.1, 0.15) is 10.1 Å². The third-order valence-corrected chi connectivity index (χ3v) is 2.95. The van der Waals surface area contributed by atoms with E-state index in [2.05, 4.69) is 15.9 Å². The molecule has 0 atom stereocenters. The second-order valence-electron chi connectivity index (χ2n) is 1.88. The van der Waals surface area contributed by atoms with Crippen LogP contribution in [0.25, 0.3) is 0 Å². The number of rotatable bonds is 1. The molecule has 0 amide bonds. The van der Waals surface area contributed by atoms with Gasteiger partial charge in [-0.3, -0.25) is 0 Å². The maximum Gasteiger partial charge on any atom is 1.00 e. The van der Waals surface area contributed by atoms with Crippen molar-refractivity contribution in [1.82, 2.24) is 0 Å². The molecule has 12 heavy (non-hydrogen) atoms. The first-order valence-corrected chi connectivity index (χ1v) is 4.92. The van der Waals surface area contributed by atoms with Crippen LogP contribution >= 0.6 is 15.9 Å². The summed E-state index contributed by atoms with van der Waals surface area (Å²) >= 11 is 2.95. The van der Waals surface area contributed by atoms with Crippen molar-refractivity contribution in [2.75, 3.05) is 0 Å². The van der Waals surface area contributed by atoms with Gasteiger partial charge >= 0.3 is 51.4 Å². The van der Waals surface area contributed by atoms with Gasteiger partial charge in [-0.2, -0.15) is 0 Å². The standard InChI is InChI=1S/C6H5BrO3S.K/c7-5-3-1-2-4-6(5)11(8,9)10;/h1-4H,(H,8,9,10);/q;+1/p-1. The second-order valence-corrected chi connectivity index (χ2v) is 4.09. The van der Waals surface area contributed by atoms with Crippen LogP contribution in [0, 0.1) is 0 Å². The van der Waals surface area contributed by atoms with E-state index in [1.165, 1.54) is 18.2 Å². The van der Waals surface area contributed by atoms with Gasteiger partial charge in [-0.15, -0.1) is 0 Å². The van der Waals surface area contributed by atoms with Gasteiger partial charge in [0.05, 0.1) is 4.90 Å². The van der Waals surface area contributed by atoms with Gasteiger partial charge in [0.15, 0.2) is 0 Å². The summed E-state index contributed by atoms with van der Waals surface area (Å²) in [7, 11) is -4.33. The Morgan fingerprint density at radius 2 is 1.75 bits per heavy atom. The van der Waals surface area contributed by atoms with E-state index < -0.39 is 10.1 Å². The molecule has 0 aliphatic heterocycles. The molecule has 0 radical (unpaired) electrons. The fraction of sp³-hybridized carbons (Fsp3) is 0. The normalized spacial score (nSPS) is 10.5. The molecule has 6 heteroatoms. The average molecular weight is 275 g/mol. The van der Waals surface area contributed by atoms with Crippen LogP contribution in [0.4, 0.5) is 0 Å². The summed E-state index contributed by atoms with van der Waals surface area (Å²) in [6.07, 6.45) is 0. The van der Waals surface area contributed by atoms with Crippen molar-refractivity contribution in [3.8, 4) is 0 Å². The number of hydrogen-bond acceptors (Lipinski definition) is 3. The summed E-state index contributed by atoms with van der Waals surface area (Å²) in [5, 5.41) is 0. The molecule has 0 aliphatic rings.